The largest absolute Gasteiger partial charge is 0.357 e. The van der Waals surface area contributed by atoms with E-state index >= 15 is 0 Å². The molecule has 2 heterocycles. The number of imide groups is 1. The second-order valence-corrected chi connectivity index (χ2v) is 9.24. The lowest BCUT2D eigenvalue weighted by Gasteiger charge is -2.31. The maximum atomic E-state index is 13.6. The average molecular weight is 449 g/mol. The number of para-hydroxylation sites is 1. The lowest BCUT2D eigenvalue weighted by Crippen LogP contribution is -2.36. The Morgan fingerprint density at radius 2 is 1.66 bits per heavy atom. The van der Waals surface area contributed by atoms with Crippen LogP contribution in [0.25, 0.3) is 0 Å². The lowest BCUT2D eigenvalue weighted by molar-refractivity contribution is -0.384. The molecule has 2 aliphatic heterocycles. The van der Waals surface area contributed by atoms with Gasteiger partial charge >= 0.3 is 0 Å². The van der Waals surface area contributed by atoms with Gasteiger partial charge in [-0.1, -0.05) is 48.2 Å². The fourth-order valence-electron chi connectivity index (χ4n) is 4.63. The summed E-state index contributed by atoms with van der Waals surface area (Å²) in [5, 5.41) is 11.9. The molecular weight excluding hydrogens is 428 g/mol. The summed E-state index contributed by atoms with van der Waals surface area (Å²) in [6, 6.07) is 14.8. The predicted molar refractivity (Wildman–Crippen MR) is 122 cm³/mol. The van der Waals surface area contributed by atoms with E-state index in [9.17, 15) is 19.7 Å². The molecule has 9 heteroatoms. The highest BCUT2D eigenvalue weighted by Gasteiger charge is 2.58. The number of anilines is 1. The van der Waals surface area contributed by atoms with Crippen molar-refractivity contribution in [3.63, 3.8) is 0 Å². The van der Waals surface area contributed by atoms with E-state index in [1.54, 1.807) is 36.4 Å². The number of aliphatic imine (C=N–C) groups is 1. The minimum absolute atomic E-state index is 0.0140. The predicted octanol–water partition coefficient (Wildman–Crippen LogP) is 3.41. The Kier molecular flexibility index (Phi) is 4.85. The van der Waals surface area contributed by atoms with Crippen LogP contribution in [-0.2, 0) is 9.59 Å². The van der Waals surface area contributed by atoms with E-state index < -0.39 is 22.8 Å². The molecule has 2 amide bonds. The number of nitro benzene ring substituents is 1. The van der Waals surface area contributed by atoms with Crippen molar-refractivity contribution in [2.24, 2.45) is 16.8 Å². The normalized spacial score (nSPS) is 26.4. The van der Waals surface area contributed by atoms with Gasteiger partial charge in [-0.2, -0.15) is 0 Å². The van der Waals surface area contributed by atoms with Gasteiger partial charge in [-0.05, 0) is 17.7 Å². The van der Waals surface area contributed by atoms with Crippen molar-refractivity contribution in [1.82, 2.24) is 4.90 Å². The first-order valence-corrected chi connectivity index (χ1v) is 11.0. The molecule has 4 atom stereocenters. The summed E-state index contributed by atoms with van der Waals surface area (Å²) in [7, 11) is 3.79. The molecule has 0 unspecified atom stereocenters. The number of hydrogen-bond acceptors (Lipinski definition) is 7. The molecule has 5 rings (SSSR count). The molecule has 32 heavy (non-hydrogen) atoms. The van der Waals surface area contributed by atoms with E-state index in [1.165, 1.54) is 28.8 Å². The van der Waals surface area contributed by atoms with Gasteiger partial charge in [-0.25, -0.2) is 4.90 Å². The van der Waals surface area contributed by atoms with Crippen LogP contribution in [0.4, 0.5) is 11.4 Å². The Hall–Kier alpha value is -3.46. The summed E-state index contributed by atoms with van der Waals surface area (Å²) < 4.78 is 0. The number of amidine groups is 1. The molecule has 0 saturated carbocycles. The third-order valence-electron chi connectivity index (χ3n) is 6.10. The van der Waals surface area contributed by atoms with Crippen LogP contribution in [-0.4, -0.2) is 46.9 Å². The topological polar surface area (TPSA) is 96.1 Å². The number of amides is 2. The van der Waals surface area contributed by atoms with Crippen LogP contribution in [0.1, 0.15) is 11.5 Å². The molecule has 3 aliphatic rings. The molecule has 0 bridgehead atoms. The number of rotatable bonds is 3. The van der Waals surface area contributed by atoms with Crippen molar-refractivity contribution in [3.8, 4) is 0 Å². The number of non-ortho nitro benzene ring substituents is 1. The standard InChI is InChI=1S/C23H20N4O4S/c1-25(2)23-24-20-17(32-23)12-16(13-8-10-15(11-9-13)27(30)31)18-19(20)22(29)26(21(18)28)14-6-4-3-5-7-14/h3-12,16,18-20H,1-2H3/t16-,18+,19+,20-/m0/s1. The molecule has 1 saturated heterocycles. The molecule has 0 aromatic heterocycles. The number of benzene rings is 2. The van der Waals surface area contributed by atoms with Crippen LogP contribution < -0.4 is 4.90 Å². The van der Waals surface area contributed by atoms with Crippen molar-refractivity contribution in [1.29, 1.82) is 0 Å². The molecule has 0 spiro atoms. The Morgan fingerprint density at radius 3 is 2.28 bits per heavy atom. The maximum Gasteiger partial charge on any atom is 0.269 e. The van der Waals surface area contributed by atoms with E-state index in [4.69, 9.17) is 4.99 Å². The molecule has 2 aromatic carbocycles. The first-order chi connectivity index (χ1) is 15.4. The molecule has 2 aromatic rings. The highest BCUT2D eigenvalue weighted by atomic mass is 32.2. The molecule has 8 nitrogen and oxygen atoms in total. The van der Waals surface area contributed by atoms with Crippen LogP contribution >= 0.6 is 11.8 Å². The van der Waals surface area contributed by atoms with Crippen molar-refractivity contribution in [3.05, 3.63) is 81.3 Å². The van der Waals surface area contributed by atoms with Crippen LogP contribution in [0.15, 0.2) is 70.6 Å². The van der Waals surface area contributed by atoms with Gasteiger partial charge in [0.1, 0.15) is 0 Å². The highest BCUT2D eigenvalue weighted by molar-refractivity contribution is 8.17. The van der Waals surface area contributed by atoms with Crippen molar-refractivity contribution in [2.75, 3.05) is 19.0 Å². The molecule has 0 radical (unpaired) electrons. The maximum absolute atomic E-state index is 13.6. The third kappa shape index (κ3) is 3.12. The Bertz CT molecular complexity index is 1180. The van der Waals surface area contributed by atoms with Crippen LogP contribution in [0.2, 0.25) is 0 Å². The summed E-state index contributed by atoms with van der Waals surface area (Å²) in [4.78, 5) is 46.7. The van der Waals surface area contributed by atoms with Gasteiger partial charge in [0.15, 0.2) is 5.17 Å². The first kappa shape index (κ1) is 20.4. The summed E-state index contributed by atoms with van der Waals surface area (Å²) in [5.41, 5.74) is 1.30. The van der Waals surface area contributed by atoms with Gasteiger partial charge in [0.05, 0.1) is 28.5 Å². The monoisotopic (exact) mass is 448 g/mol. The zero-order valence-corrected chi connectivity index (χ0v) is 18.2. The second kappa shape index (κ2) is 7.59. The Balaban J connectivity index is 1.61. The first-order valence-electron chi connectivity index (χ1n) is 10.2. The van der Waals surface area contributed by atoms with E-state index in [0.717, 1.165) is 15.6 Å². The van der Waals surface area contributed by atoms with E-state index in [1.807, 2.05) is 31.1 Å². The summed E-state index contributed by atoms with van der Waals surface area (Å²) in [6.45, 7) is 0. The summed E-state index contributed by atoms with van der Waals surface area (Å²) in [6.07, 6.45) is 2.01. The van der Waals surface area contributed by atoms with Gasteiger partial charge in [0.25, 0.3) is 5.69 Å². The summed E-state index contributed by atoms with van der Waals surface area (Å²) >= 11 is 1.51. The fraction of sp³-hybridized carbons (Fsp3) is 0.261. The Labute approximate surface area is 188 Å². The van der Waals surface area contributed by atoms with Gasteiger partial charge < -0.3 is 4.90 Å². The van der Waals surface area contributed by atoms with Gasteiger partial charge in [0, 0.05) is 37.1 Å². The SMILES string of the molecule is CN(C)C1=N[C@H]2C(=C[C@@H](c3ccc([N+](=O)[O-])cc3)[C@H]3C(=O)N(c4ccccc4)C(=O)[C@H]32)S1. The Morgan fingerprint density at radius 1 is 1.00 bits per heavy atom. The van der Waals surface area contributed by atoms with Crippen LogP contribution in [0, 0.1) is 22.0 Å². The van der Waals surface area contributed by atoms with E-state index in [-0.39, 0.29) is 23.4 Å². The van der Waals surface area contributed by atoms with Gasteiger partial charge in [0.2, 0.25) is 11.8 Å². The number of carbonyl (C=O) groups excluding carboxylic acids is 2. The second-order valence-electron chi connectivity index (χ2n) is 8.20. The van der Waals surface area contributed by atoms with Crippen LogP contribution in [0.5, 0.6) is 0 Å². The average Bonchev–Trinajstić information content (AvgIpc) is 3.33. The number of carbonyl (C=O) groups is 2. The van der Waals surface area contributed by atoms with E-state index in [2.05, 4.69) is 0 Å². The minimum Gasteiger partial charge on any atom is -0.357 e. The number of thioether (sulfide) groups is 1. The zero-order valence-electron chi connectivity index (χ0n) is 17.4. The number of allylic oxidation sites excluding steroid dienone is 1. The molecular formula is C23H20N4O4S. The molecule has 0 N–H and O–H groups in total. The summed E-state index contributed by atoms with van der Waals surface area (Å²) in [5.74, 6) is -2.13. The third-order valence-corrected chi connectivity index (χ3v) is 7.37. The number of hydrogen-bond donors (Lipinski definition) is 0. The zero-order chi connectivity index (χ0) is 22.6. The van der Waals surface area contributed by atoms with E-state index in [0.29, 0.717) is 5.69 Å². The van der Waals surface area contributed by atoms with Crippen LogP contribution in [0.3, 0.4) is 0 Å². The fourth-order valence-corrected chi connectivity index (χ4v) is 5.72. The number of nitro groups is 1. The number of fused-ring (bicyclic) bond motifs is 3. The van der Waals surface area contributed by atoms with Gasteiger partial charge in [-0.15, -0.1) is 0 Å². The molecule has 162 valence electrons. The highest BCUT2D eigenvalue weighted by Crippen LogP contribution is 2.52. The van der Waals surface area contributed by atoms with Gasteiger partial charge in [-0.3, -0.25) is 24.7 Å². The molecule has 1 aliphatic carbocycles. The van der Waals surface area contributed by atoms with Crippen molar-refractivity contribution in [2.45, 2.75) is 12.0 Å². The smallest absolute Gasteiger partial charge is 0.269 e. The molecule has 1 fully saturated rings. The quantitative estimate of drug-likeness (QED) is 0.406. The van der Waals surface area contributed by atoms with Crippen molar-refractivity contribution < 1.29 is 14.5 Å². The van der Waals surface area contributed by atoms with Crippen molar-refractivity contribution >= 4 is 40.1 Å². The lowest BCUT2D eigenvalue weighted by atomic mass is 9.72. The minimum atomic E-state index is -0.622. The number of nitrogens with zero attached hydrogens (tertiary/aromatic N) is 4.